The normalized spacial score (nSPS) is 21.4. The van der Waals surface area contributed by atoms with Gasteiger partial charge in [-0.05, 0) is 306 Å². The molecule has 2 aliphatic heterocycles. The quantitative estimate of drug-likeness (QED) is 0.0976. The Balaban J connectivity index is 0.000000112. The number of benzene rings is 13. The number of pyridine rings is 5. The maximum Gasteiger partial charge on any atom is 0.194 e. The minimum atomic E-state index is -1.40. The molecule has 21 aromatic rings. The molecule has 0 atom stereocenters. The first-order chi connectivity index (χ1) is 69.4. The zero-order chi connectivity index (χ0) is 95.2. The molecule has 9 saturated carbocycles. The molecule has 10 heterocycles. The molecule has 32 rings (SSSR count). The van der Waals surface area contributed by atoms with Crippen molar-refractivity contribution in [2.24, 2.45) is 0 Å². The highest BCUT2D eigenvalue weighted by atomic mass is 19.2. The molecule has 690 valence electrons. The van der Waals surface area contributed by atoms with Crippen LogP contribution in [0.4, 0.5) is 64.4 Å². The molecule has 9 fully saturated rings. The Morgan fingerprint density at radius 2 is 0.746 bits per heavy atom. The summed E-state index contributed by atoms with van der Waals surface area (Å²) >= 11 is 0. The van der Waals surface area contributed by atoms with Gasteiger partial charge in [-0.1, -0.05) is 204 Å². The Bertz CT molecular complexity index is 8250. The fraction of sp³-hybridized carbons (Fsp3) is 0.189. The Morgan fingerprint density at radius 3 is 1.31 bits per heavy atom. The Labute approximate surface area is 822 Å². The molecule has 0 N–H and O–H groups in total. The molecule has 0 radical (unpaired) electrons. The van der Waals surface area contributed by atoms with Crippen molar-refractivity contribution in [3.8, 4) is 27.9 Å². The van der Waals surface area contributed by atoms with Crippen LogP contribution in [-0.4, -0.2) is 44.0 Å². The summed E-state index contributed by atoms with van der Waals surface area (Å²) in [6.45, 7) is 9.25. The Kier molecular flexibility index (Phi) is 19.2. The minimum Gasteiger partial charge on any atom is -0.334 e. The number of rotatable bonds is 14. The average molecular weight is 1850 g/mol. The maximum absolute atomic E-state index is 14.7. The molecule has 13 aromatic carbocycles. The van der Waals surface area contributed by atoms with Crippen LogP contribution in [0, 0.1) is 17.5 Å². The highest BCUT2D eigenvalue weighted by Crippen LogP contribution is 2.72. The smallest absolute Gasteiger partial charge is 0.194 e. The Hall–Kier alpha value is -16.0. The first kappa shape index (κ1) is 85.2. The second kappa shape index (κ2) is 32.0. The number of halogens is 3. The first-order valence-electron chi connectivity index (χ1n) is 49.9. The summed E-state index contributed by atoms with van der Waals surface area (Å²) in [5.74, 6) is -3.64. The third-order valence-electron chi connectivity index (χ3n) is 34.1. The van der Waals surface area contributed by atoms with Crippen LogP contribution in [0.1, 0.15) is 155 Å². The summed E-state index contributed by atoms with van der Waals surface area (Å²) in [4.78, 5) is 39.3. The van der Waals surface area contributed by atoms with Crippen LogP contribution in [-0.2, 0) is 43.4 Å². The van der Waals surface area contributed by atoms with Crippen LogP contribution in [0.15, 0.2) is 396 Å². The standard InChI is InChI=1S/C54H44F3N3.C46H35N5.C27H22N4/c1-51(2)38-13-5-9-17-46(38)58(47-18-10-6-14-39(47)51)34-21-23-44-36(29-34)37-30-35(59-48-19-11-7-15-40(48)52(3,4)41-16-8-12-20-49(41)59)22-24-45(37)60(44)54-26-25-53(31-54,32-54)33-27-42(55)50(57)43(56)28-33;1-3-9-36(10-4-1)51(37-11-5-2-6-12-37)38-17-15-34(16-18-38)45-19-20-46(30-45,31-45)35-24-32(41-26-47-28-43-39(41)13-7-21-49-43)23-33(25-35)42-27-48-29-44-40(42)14-8-22-50-44;1-2-7-24-19(4-1)8-13-31(24)21-6-3-5-20(14-21)26-9-10-27(17-26,18-26)22-15-28-16-23-25(22)30-12-11-29-23/h5-24,27-30H,25-26,31-32H2,1-4H3;1-18,21-29H,19-20,30-31H2;1-8,11-16H,9-10,17-18H2. The summed E-state index contributed by atoms with van der Waals surface area (Å²) in [7, 11) is 0. The molecule has 0 spiro atoms. The van der Waals surface area contributed by atoms with E-state index < -0.39 is 22.9 Å². The third kappa shape index (κ3) is 13.1. The highest BCUT2D eigenvalue weighted by molar-refractivity contribution is 6.12. The summed E-state index contributed by atoms with van der Waals surface area (Å²) < 4.78 is 48.4. The lowest BCUT2D eigenvalue weighted by Crippen LogP contribution is -2.47. The van der Waals surface area contributed by atoms with E-state index in [1.54, 1.807) is 12.4 Å². The molecular weight excluding hydrogens is 1750 g/mol. The van der Waals surface area contributed by atoms with Crippen molar-refractivity contribution in [1.82, 2.24) is 44.0 Å². The van der Waals surface area contributed by atoms with Gasteiger partial charge in [0.05, 0.1) is 63.4 Å². The maximum atomic E-state index is 14.7. The van der Waals surface area contributed by atoms with Gasteiger partial charge in [0.25, 0.3) is 0 Å². The number of anilines is 9. The fourth-order valence-corrected chi connectivity index (χ4v) is 27.6. The number of hydrogen-bond acceptors (Lipinski definition) is 10. The zero-order valence-electron chi connectivity index (χ0n) is 79.5. The summed E-state index contributed by atoms with van der Waals surface area (Å²) in [6, 6.07) is 117. The average Bonchev–Trinajstić information content (AvgIpc) is 1.51. The second-order valence-electron chi connectivity index (χ2n) is 42.4. The van der Waals surface area contributed by atoms with Crippen LogP contribution in [0.2, 0.25) is 0 Å². The largest absolute Gasteiger partial charge is 0.334 e. The van der Waals surface area contributed by atoms with E-state index in [2.05, 4.69) is 396 Å². The molecular formula is C127H101F3N12. The van der Waals surface area contributed by atoms with Gasteiger partial charge in [0.15, 0.2) is 17.5 Å². The molecule has 8 aromatic heterocycles. The molecule has 0 unspecified atom stereocenters. The Morgan fingerprint density at radius 1 is 0.296 bits per heavy atom. The number of fused-ring (bicyclic) bond motifs is 14. The number of para-hydroxylation sites is 7. The van der Waals surface area contributed by atoms with Gasteiger partial charge in [-0.15, -0.1) is 0 Å². The van der Waals surface area contributed by atoms with E-state index >= 15 is 0 Å². The fourth-order valence-electron chi connectivity index (χ4n) is 27.6. The van der Waals surface area contributed by atoms with Gasteiger partial charge in [0.2, 0.25) is 0 Å². The van der Waals surface area contributed by atoms with Crippen LogP contribution in [0.25, 0.3) is 93.5 Å². The topological polar surface area (TPSA) is 110 Å². The SMILES string of the molecule is CC1(C)c2ccccc2N(c2ccc3c(c2)c2cc(N4c5ccccc5C(C)(C)c5ccccc54)ccc2n3C23CCC(c4cc(F)c(F)c(F)c4)(C2)C3)c2ccccc21.c1cc(-n2ccc3ccccc32)cc(C23CCC(c4cncc5nccnc45)(C2)C3)c1.c1ccc(N(c2ccccc2)c2ccc(C34CCC(c5cc(-c6cncc7ncccc67)cc(-c6cncc7ncccc67)c5)(C3)C4)cc2)cc1. The van der Waals surface area contributed by atoms with Gasteiger partial charge in [0, 0.05) is 160 Å². The van der Waals surface area contributed by atoms with Gasteiger partial charge in [0.1, 0.15) is 5.52 Å². The molecule has 15 heteroatoms. The van der Waals surface area contributed by atoms with E-state index in [0.717, 1.165) is 127 Å². The van der Waals surface area contributed by atoms with Crippen LogP contribution in [0.5, 0.6) is 0 Å². The minimum absolute atomic E-state index is 0.121. The molecule has 12 nitrogen and oxygen atoms in total. The van der Waals surface area contributed by atoms with Gasteiger partial charge in [-0.3, -0.25) is 34.9 Å². The van der Waals surface area contributed by atoms with Crippen molar-refractivity contribution in [2.45, 2.75) is 148 Å². The predicted molar refractivity (Wildman–Crippen MR) is 566 cm³/mol. The summed E-state index contributed by atoms with van der Waals surface area (Å²) in [5, 5.41) is 5.81. The third-order valence-corrected chi connectivity index (χ3v) is 34.1. The molecule has 11 aliphatic rings. The first-order valence-corrected chi connectivity index (χ1v) is 49.9. The second-order valence-corrected chi connectivity index (χ2v) is 42.4. The molecule has 0 amide bonds. The molecule has 0 saturated heterocycles. The number of hydrogen-bond donors (Lipinski definition) is 0. The van der Waals surface area contributed by atoms with E-state index in [1.165, 1.54) is 151 Å². The van der Waals surface area contributed by atoms with Crippen LogP contribution in [0.3, 0.4) is 0 Å². The highest BCUT2D eigenvalue weighted by Gasteiger charge is 2.65. The van der Waals surface area contributed by atoms with Crippen molar-refractivity contribution < 1.29 is 13.2 Å². The van der Waals surface area contributed by atoms with Crippen molar-refractivity contribution in [3.05, 3.63) is 463 Å². The van der Waals surface area contributed by atoms with Crippen molar-refractivity contribution in [2.75, 3.05) is 14.7 Å². The molecule has 9 aliphatic carbocycles. The van der Waals surface area contributed by atoms with E-state index in [1.807, 2.05) is 61.7 Å². The lowest BCUT2D eigenvalue weighted by Gasteiger charge is -2.49. The van der Waals surface area contributed by atoms with E-state index in [-0.39, 0.29) is 38.0 Å². The van der Waals surface area contributed by atoms with Gasteiger partial charge in [-0.2, -0.15) is 0 Å². The van der Waals surface area contributed by atoms with Crippen LogP contribution < -0.4 is 14.7 Å². The van der Waals surface area contributed by atoms with Crippen molar-refractivity contribution in [1.29, 1.82) is 0 Å². The van der Waals surface area contributed by atoms with E-state index in [9.17, 15) is 13.2 Å². The van der Waals surface area contributed by atoms with Crippen molar-refractivity contribution >= 4 is 117 Å². The van der Waals surface area contributed by atoms with E-state index in [4.69, 9.17) is 0 Å². The van der Waals surface area contributed by atoms with Gasteiger partial charge >= 0.3 is 0 Å². The lowest BCUT2D eigenvalue weighted by molar-refractivity contribution is 0.127. The summed E-state index contributed by atoms with van der Waals surface area (Å²) in [5.41, 5.74) is 34.4. The number of nitrogens with zero attached hydrogens (tertiary/aromatic N) is 12. The summed E-state index contributed by atoms with van der Waals surface area (Å²) in [6.07, 6.45) is 33.5. The monoisotopic (exact) mass is 1850 g/mol. The zero-order valence-corrected chi connectivity index (χ0v) is 79.5. The van der Waals surface area contributed by atoms with Gasteiger partial charge < -0.3 is 23.8 Å². The predicted octanol–water partition coefficient (Wildman–Crippen LogP) is 31.5. The van der Waals surface area contributed by atoms with E-state index in [0.29, 0.717) is 5.56 Å². The van der Waals surface area contributed by atoms with Crippen molar-refractivity contribution in [3.63, 3.8) is 0 Å². The lowest BCUT2D eigenvalue weighted by atomic mass is 9.55. The molecule has 6 bridgehead atoms. The van der Waals surface area contributed by atoms with Crippen LogP contribution >= 0.6 is 0 Å². The molecule has 142 heavy (non-hydrogen) atoms. The number of aromatic nitrogens is 9. The van der Waals surface area contributed by atoms with Gasteiger partial charge in [-0.25, -0.2) is 13.2 Å².